The SMILES string of the molecule is CC1(C)Oc2cc(NC(=O)[C@H]3CC=CC[C@@H]3C(=O)O)ccc2NC1=O. The molecular weight excluding hydrogens is 324 g/mol. The Morgan fingerprint density at radius 2 is 1.92 bits per heavy atom. The van der Waals surface area contributed by atoms with Gasteiger partial charge in [-0.3, -0.25) is 14.4 Å². The summed E-state index contributed by atoms with van der Waals surface area (Å²) in [6.45, 7) is 3.31. The lowest BCUT2D eigenvalue weighted by Gasteiger charge is -2.32. The van der Waals surface area contributed by atoms with E-state index >= 15 is 0 Å². The average Bonchev–Trinajstić information content (AvgIpc) is 2.55. The number of ether oxygens (including phenoxy) is 1. The number of anilines is 2. The third kappa shape index (κ3) is 3.35. The number of nitrogens with one attached hydrogen (secondary N) is 2. The molecule has 1 aliphatic carbocycles. The van der Waals surface area contributed by atoms with Crippen molar-refractivity contribution in [3.05, 3.63) is 30.4 Å². The van der Waals surface area contributed by atoms with E-state index in [4.69, 9.17) is 4.74 Å². The van der Waals surface area contributed by atoms with Gasteiger partial charge < -0.3 is 20.5 Å². The highest BCUT2D eigenvalue weighted by Gasteiger charge is 2.36. The Labute approximate surface area is 145 Å². The third-order valence-electron chi connectivity index (χ3n) is 4.50. The maximum absolute atomic E-state index is 12.5. The minimum atomic E-state index is -1.00. The lowest BCUT2D eigenvalue weighted by atomic mass is 9.82. The zero-order valence-electron chi connectivity index (χ0n) is 14.0. The maximum atomic E-state index is 12.5. The Balaban J connectivity index is 1.78. The quantitative estimate of drug-likeness (QED) is 0.730. The number of benzene rings is 1. The molecule has 0 saturated heterocycles. The molecular formula is C18H20N2O5. The second-order valence-electron chi connectivity index (χ2n) is 6.76. The molecule has 7 heteroatoms. The van der Waals surface area contributed by atoms with Gasteiger partial charge in [0.2, 0.25) is 5.91 Å². The number of amides is 2. The number of allylic oxidation sites excluding steroid dienone is 2. The molecule has 1 aromatic rings. The van der Waals surface area contributed by atoms with Crippen molar-refractivity contribution in [2.75, 3.05) is 10.6 Å². The molecule has 2 atom stereocenters. The van der Waals surface area contributed by atoms with Crippen molar-refractivity contribution in [3.8, 4) is 5.75 Å². The molecule has 0 bridgehead atoms. The van der Waals surface area contributed by atoms with Gasteiger partial charge in [-0.15, -0.1) is 0 Å². The van der Waals surface area contributed by atoms with Gasteiger partial charge in [0, 0.05) is 11.8 Å². The maximum Gasteiger partial charge on any atom is 0.307 e. The van der Waals surface area contributed by atoms with Crippen LogP contribution in [0.3, 0.4) is 0 Å². The van der Waals surface area contributed by atoms with Crippen molar-refractivity contribution in [2.45, 2.75) is 32.3 Å². The summed E-state index contributed by atoms with van der Waals surface area (Å²) in [5.41, 5.74) is 0.0267. The number of fused-ring (bicyclic) bond motifs is 1. The molecule has 3 N–H and O–H groups in total. The monoisotopic (exact) mass is 344 g/mol. The second kappa shape index (κ2) is 6.23. The summed E-state index contributed by atoms with van der Waals surface area (Å²) in [7, 11) is 0. The summed E-state index contributed by atoms with van der Waals surface area (Å²) >= 11 is 0. The highest BCUT2D eigenvalue weighted by molar-refractivity contribution is 6.01. The topological polar surface area (TPSA) is 105 Å². The average molecular weight is 344 g/mol. The summed E-state index contributed by atoms with van der Waals surface area (Å²) in [5.74, 6) is -2.43. The van der Waals surface area contributed by atoms with E-state index in [0.717, 1.165) is 0 Å². The molecule has 25 heavy (non-hydrogen) atoms. The van der Waals surface area contributed by atoms with Gasteiger partial charge in [0.15, 0.2) is 5.60 Å². The molecule has 0 saturated carbocycles. The normalized spacial score (nSPS) is 23.8. The highest BCUT2D eigenvalue weighted by atomic mass is 16.5. The Bertz CT molecular complexity index is 769. The van der Waals surface area contributed by atoms with Crippen LogP contribution >= 0.6 is 0 Å². The van der Waals surface area contributed by atoms with Gasteiger partial charge in [-0.05, 0) is 38.8 Å². The van der Waals surface area contributed by atoms with Crippen molar-refractivity contribution in [1.82, 2.24) is 0 Å². The van der Waals surface area contributed by atoms with Crippen LogP contribution in [-0.4, -0.2) is 28.5 Å². The van der Waals surface area contributed by atoms with Crippen LogP contribution < -0.4 is 15.4 Å². The van der Waals surface area contributed by atoms with Crippen LogP contribution in [0.1, 0.15) is 26.7 Å². The number of carboxylic acids is 1. The molecule has 0 fully saturated rings. The number of carbonyl (C=O) groups excluding carboxylic acids is 2. The van der Waals surface area contributed by atoms with Crippen LogP contribution in [0, 0.1) is 11.8 Å². The van der Waals surface area contributed by atoms with Gasteiger partial charge in [0.25, 0.3) is 5.91 Å². The highest BCUT2D eigenvalue weighted by Crippen LogP contribution is 2.36. The molecule has 7 nitrogen and oxygen atoms in total. The van der Waals surface area contributed by atoms with Gasteiger partial charge in [-0.1, -0.05) is 12.2 Å². The first-order valence-corrected chi connectivity index (χ1v) is 8.11. The van der Waals surface area contributed by atoms with E-state index in [9.17, 15) is 19.5 Å². The van der Waals surface area contributed by atoms with Crippen LogP contribution in [0.25, 0.3) is 0 Å². The fraction of sp³-hybridized carbons (Fsp3) is 0.389. The molecule has 1 aliphatic heterocycles. The molecule has 0 unspecified atom stereocenters. The second-order valence-corrected chi connectivity index (χ2v) is 6.76. The lowest BCUT2D eigenvalue weighted by Crippen LogP contribution is -2.45. The molecule has 1 heterocycles. The number of aliphatic carboxylic acids is 1. The van der Waals surface area contributed by atoms with Gasteiger partial charge in [-0.25, -0.2) is 0 Å². The van der Waals surface area contributed by atoms with Crippen LogP contribution in [0.15, 0.2) is 30.4 Å². The molecule has 0 radical (unpaired) electrons. The molecule has 1 aromatic carbocycles. The summed E-state index contributed by atoms with van der Waals surface area (Å²) in [6, 6.07) is 4.92. The fourth-order valence-electron chi connectivity index (χ4n) is 2.99. The lowest BCUT2D eigenvalue weighted by molar-refractivity contribution is -0.146. The number of rotatable bonds is 3. The van der Waals surface area contributed by atoms with Gasteiger partial charge in [0.1, 0.15) is 5.75 Å². The molecule has 2 aliphatic rings. The summed E-state index contributed by atoms with van der Waals surface area (Å²) < 4.78 is 5.69. The Morgan fingerprint density at radius 3 is 2.60 bits per heavy atom. The largest absolute Gasteiger partial charge is 0.481 e. The fourth-order valence-corrected chi connectivity index (χ4v) is 2.99. The summed E-state index contributed by atoms with van der Waals surface area (Å²) in [4.78, 5) is 35.7. The van der Waals surface area contributed by atoms with E-state index < -0.39 is 23.4 Å². The van der Waals surface area contributed by atoms with Gasteiger partial charge in [-0.2, -0.15) is 0 Å². The predicted molar refractivity (Wildman–Crippen MR) is 91.4 cm³/mol. The zero-order chi connectivity index (χ0) is 18.2. The Kier molecular flexibility index (Phi) is 4.24. The minimum absolute atomic E-state index is 0.241. The molecule has 2 amide bonds. The number of hydrogen-bond donors (Lipinski definition) is 3. The van der Waals surface area contributed by atoms with Gasteiger partial charge >= 0.3 is 5.97 Å². The summed E-state index contributed by atoms with van der Waals surface area (Å²) in [6.07, 6.45) is 4.37. The molecule has 0 spiro atoms. The van der Waals surface area contributed by atoms with Crippen LogP contribution in [0.5, 0.6) is 5.75 Å². The number of carboxylic acid groups (broad SMARTS) is 1. The minimum Gasteiger partial charge on any atom is -0.481 e. The van der Waals surface area contributed by atoms with Crippen molar-refractivity contribution >= 4 is 29.2 Å². The first-order valence-electron chi connectivity index (χ1n) is 8.11. The van der Waals surface area contributed by atoms with Crippen LogP contribution in [0.4, 0.5) is 11.4 Å². The van der Waals surface area contributed by atoms with Crippen LogP contribution in [0.2, 0.25) is 0 Å². The van der Waals surface area contributed by atoms with E-state index in [1.807, 2.05) is 6.08 Å². The molecule has 3 rings (SSSR count). The third-order valence-corrected chi connectivity index (χ3v) is 4.50. The number of carbonyl (C=O) groups is 3. The van der Waals surface area contributed by atoms with E-state index in [1.165, 1.54) is 0 Å². The van der Waals surface area contributed by atoms with Crippen molar-refractivity contribution in [2.24, 2.45) is 11.8 Å². The van der Waals surface area contributed by atoms with E-state index in [1.54, 1.807) is 38.1 Å². The van der Waals surface area contributed by atoms with Gasteiger partial charge in [0.05, 0.1) is 17.5 Å². The molecule has 0 aromatic heterocycles. The zero-order valence-corrected chi connectivity index (χ0v) is 14.0. The Morgan fingerprint density at radius 1 is 1.24 bits per heavy atom. The first-order chi connectivity index (χ1) is 11.8. The predicted octanol–water partition coefficient (Wildman–Crippen LogP) is 2.40. The Hall–Kier alpha value is -2.83. The molecule has 132 valence electrons. The van der Waals surface area contributed by atoms with E-state index in [-0.39, 0.29) is 11.8 Å². The van der Waals surface area contributed by atoms with Crippen molar-refractivity contribution in [1.29, 1.82) is 0 Å². The van der Waals surface area contributed by atoms with Crippen molar-refractivity contribution < 1.29 is 24.2 Å². The number of hydrogen-bond acceptors (Lipinski definition) is 4. The van der Waals surface area contributed by atoms with E-state index in [2.05, 4.69) is 10.6 Å². The van der Waals surface area contributed by atoms with Crippen LogP contribution in [-0.2, 0) is 14.4 Å². The smallest absolute Gasteiger partial charge is 0.307 e. The van der Waals surface area contributed by atoms with Crippen molar-refractivity contribution in [3.63, 3.8) is 0 Å². The first kappa shape index (κ1) is 17.0. The van der Waals surface area contributed by atoms with E-state index in [0.29, 0.717) is 30.0 Å². The summed E-state index contributed by atoms with van der Waals surface area (Å²) in [5, 5.41) is 14.8. The standard InChI is InChI=1S/C18H20N2O5/c1-18(2)17(24)20-13-8-7-10(9-14(13)25-18)19-15(21)11-5-3-4-6-12(11)16(22)23/h3-4,7-9,11-12H,5-6H2,1-2H3,(H,19,21)(H,20,24)(H,22,23)/t11-,12-/m0/s1.